The van der Waals surface area contributed by atoms with Crippen LogP contribution in [0.4, 0.5) is 10.2 Å². The second kappa shape index (κ2) is 6.03. The van der Waals surface area contributed by atoms with Gasteiger partial charge in [-0.05, 0) is 42.7 Å². The monoisotopic (exact) mass is 351 g/mol. The second-order valence-electron chi connectivity index (χ2n) is 5.91. The lowest BCUT2D eigenvalue weighted by Crippen LogP contribution is -2.50. The van der Waals surface area contributed by atoms with E-state index in [0.717, 1.165) is 0 Å². The number of rotatable bonds is 3. The number of aromatic hydroxyl groups is 1. The van der Waals surface area contributed by atoms with Crippen molar-refractivity contribution in [2.24, 2.45) is 5.14 Å². The minimum atomic E-state index is -3.88. The quantitative estimate of drug-likeness (QED) is 0.877. The van der Waals surface area contributed by atoms with Crippen molar-refractivity contribution in [1.82, 2.24) is 4.98 Å². The van der Waals surface area contributed by atoms with Crippen LogP contribution >= 0.6 is 0 Å². The normalized spacial score (nSPS) is 17.7. The van der Waals surface area contributed by atoms with Gasteiger partial charge >= 0.3 is 0 Å². The number of pyridine rings is 1. The number of hydrogen-bond donors (Lipinski definition) is 2. The number of halogens is 1. The Bertz CT molecular complexity index is 815. The summed E-state index contributed by atoms with van der Waals surface area (Å²) in [5, 5.41) is 14.8. The molecule has 1 aromatic heterocycles. The number of sulfonamides is 1. The number of nitrogens with zero attached hydrogens (tertiary/aromatic N) is 2. The molecule has 1 aliphatic rings. The van der Waals surface area contributed by atoms with Crippen LogP contribution in [0.2, 0.25) is 0 Å². The molecule has 3 N–H and O–H groups in total. The van der Waals surface area contributed by atoms with Crippen molar-refractivity contribution in [3.05, 3.63) is 54.0 Å². The van der Waals surface area contributed by atoms with Gasteiger partial charge < -0.3 is 10.0 Å². The highest BCUT2D eigenvalue weighted by Crippen LogP contribution is 2.40. The molecular formula is C16H18FN3O3S. The van der Waals surface area contributed by atoms with Crippen molar-refractivity contribution in [1.29, 1.82) is 0 Å². The molecule has 2 heterocycles. The highest BCUT2D eigenvalue weighted by Gasteiger charge is 2.45. The number of aromatic nitrogens is 1. The largest absolute Gasteiger partial charge is 0.506 e. The van der Waals surface area contributed by atoms with Gasteiger partial charge in [0.15, 0.2) is 0 Å². The Hall–Kier alpha value is -2.19. The number of piperidine rings is 1. The summed E-state index contributed by atoms with van der Waals surface area (Å²) in [5.74, 6) is 0.310. The molecule has 1 fully saturated rings. The number of primary sulfonamides is 1. The summed E-state index contributed by atoms with van der Waals surface area (Å²) in [6.45, 7) is 0.872. The van der Waals surface area contributed by atoms with E-state index < -0.39 is 20.6 Å². The first-order chi connectivity index (χ1) is 11.3. The van der Waals surface area contributed by atoms with Gasteiger partial charge in [0.25, 0.3) is 0 Å². The van der Waals surface area contributed by atoms with Crippen molar-refractivity contribution in [2.45, 2.75) is 17.6 Å². The van der Waals surface area contributed by atoms with E-state index in [1.54, 1.807) is 6.07 Å². The molecular weight excluding hydrogens is 333 g/mol. The summed E-state index contributed by atoms with van der Waals surface area (Å²) in [6, 6.07) is 8.66. The zero-order valence-electron chi connectivity index (χ0n) is 12.9. The zero-order chi connectivity index (χ0) is 17.4. The Balaban J connectivity index is 1.89. The molecule has 3 rings (SSSR count). The topological polar surface area (TPSA) is 96.5 Å². The van der Waals surface area contributed by atoms with E-state index in [0.29, 0.717) is 24.5 Å². The first-order valence-electron chi connectivity index (χ1n) is 7.50. The molecule has 128 valence electrons. The number of nitrogens with two attached hydrogens (primary N) is 1. The fourth-order valence-corrected chi connectivity index (χ4v) is 4.37. The molecule has 2 aromatic rings. The number of benzene rings is 1. The van der Waals surface area contributed by atoms with E-state index in [9.17, 15) is 17.9 Å². The van der Waals surface area contributed by atoms with Crippen LogP contribution in [0, 0.1) is 5.82 Å². The van der Waals surface area contributed by atoms with Crippen LogP contribution in [0.5, 0.6) is 5.75 Å². The van der Waals surface area contributed by atoms with E-state index in [-0.39, 0.29) is 18.6 Å². The summed E-state index contributed by atoms with van der Waals surface area (Å²) in [4.78, 5) is 6.08. The lowest BCUT2D eigenvalue weighted by molar-refractivity contribution is 0.423. The smallest absolute Gasteiger partial charge is 0.219 e. The SMILES string of the molecule is NS(=O)(=O)C1(c2ccc(F)cc2)CCN(c2ccc(O)cn2)CC1. The third kappa shape index (κ3) is 2.94. The minimum Gasteiger partial charge on any atom is -0.506 e. The standard InChI is InChI=1S/C16H18FN3O3S/c17-13-3-1-12(2-4-13)16(24(18,22)23)7-9-20(10-8-16)15-6-5-14(21)11-19-15/h1-6,11,21H,7-10H2,(H2,18,22,23). The number of anilines is 1. The maximum atomic E-state index is 13.2. The van der Waals surface area contributed by atoms with E-state index in [4.69, 9.17) is 5.14 Å². The van der Waals surface area contributed by atoms with Gasteiger partial charge in [-0.2, -0.15) is 0 Å². The molecule has 0 amide bonds. The van der Waals surface area contributed by atoms with Crippen molar-refractivity contribution >= 4 is 15.8 Å². The summed E-state index contributed by atoms with van der Waals surface area (Å²) < 4.78 is 36.5. The minimum absolute atomic E-state index is 0.0703. The van der Waals surface area contributed by atoms with Gasteiger partial charge in [-0.1, -0.05) is 12.1 Å². The van der Waals surface area contributed by atoms with Crippen LogP contribution in [0.3, 0.4) is 0 Å². The lowest BCUT2D eigenvalue weighted by atomic mass is 9.88. The van der Waals surface area contributed by atoms with E-state index in [2.05, 4.69) is 4.98 Å². The van der Waals surface area contributed by atoms with Gasteiger partial charge in [0.1, 0.15) is 22.1 Å². The highest BCUT2D eigenvalue weighted by molar-refractivity contribution is 7.90. The van der Waals surface area contributed by atoms with Gasteiger partial charge in [0.2, 0.25) is 10.0 Å². The van der Waals surface area contributed by atoms with Crippen molar-refractivity contribution < 1.29 is 17.9 Å². The van der Waals surface area contributed by atoms with E-state index in [1.165, 1.54) is 36.5 Å². The summed E-state index contributed by atoms with van der Waals surface area (Å²) in [6.07, 6.45) is 1.90. The third-order valence-electron chi connectivity index (χ3n) is 4.54. The predicted octanol–water partition coefficient (Wildman–Crippen LogP) is 1.71. The van der Waals surface area contributed by atoms with Crippen LogP contribution in [0.1, 0.15) is 18.4 Å². The molecule has 1 aromatic carbocycles. The highest BCUT2D eigenvalue weighted by atomic mass is 32.2. The molecule has 6 nitrogen and oxygen atoms in total. The third-order valence-corrected chi connectivity index (χ3v) is 6.28. The van der Waals surface area contributed by atoms with Gasteiger partial charge in [0, 0.05) is 13.1 Å². The lowest BCUT2D eigenvalue weighted by Gasteiger charge is -2.40. The van der Waals surface area contributed by atoms with Gasteiger partial charge in [-0.25, -0.2) is 22.9 Å². The molecule has 0 radical (unpaired) electrons. The average molecular weight is 351 g/mol. The Morgan fingerprint density at radius 3 is 2.25 bits per heavy atom. The van der Waals surface area contributed by atoms with Crippen molar-refractivity contribution in [2.75, 3.05) is 18.0 Å². The van der Waals surface area contributed by atoms with Gasteiger partial charge in [-0.3, -0.25) is 0 Å². The van der Waals surface area contributed by atoms with Crippen LogP contribution in [0.15, 0.2) is 42.6 Å². The Kier molecular flexibility index (Phi) is 4.18. The van der Waals surface area contributed by atoms with E-state index in [1.807, 2.05) is 4.90 Å². The Morgan fingerprint density at radius 2 is 1.75 bits per heavy atom. The first-order valence-corrected chi connectivity index (χ1v) is 9.05. The first kappa shape index (κ1) is 16.7. The molecule has 24 heavy (non-hydrogen) atoms. The van der Waals surface area contributed by atoms with Crippen LogP contribution in [0.25, 0.3) is 0 Å². The summed E-state index contributed by atoms with van der Waals surface area (Å²) in [7, 11) is -3.88. The molecule has 1 saturated heterocycles. The fourth-order valence-electron chi connectivity index (χ4n) is 3.15. The second-order valence-corrected chi connectivity index (χ2v) is 7.78. The van der Waals surface area contributed by atoms with Crippen LogP contribution in [-0.4, -0.2) is 31.6 Å². The predicted molar refractivity (Wildman–Crippen MR) is 88.5 cm³/mol. The van der Waals surface area contributed by atoms with Crippen LogP contribution in [-0.2, 0) is 14.8 Å². The molecule has 0 saturated carbocycles. The fraction of sp³-hybridized carbons (Fsp3) is 0.312. The van der Waals surface area contributed by atoms with Crippen molar-refractivity contribution in [3.63, 3.8) is 0 Å². The Morgan fingerprint density at radius 1 is 1.12 bits per heavy atom. The van der Waals surface area contributed by atoms with E-state index >= 15 is 0 Å². The molecule has 0 bridgehead atoms. The van der Waals surface area contributed by atoms with Crippen molar-refractivity contribution in [3.8, 4) is 5.75 Å². The maximum Gasteiger partial charge on any atom is 0.219 e. The molecule has 8 heteroatoms. The Labute approximate surface area is 139 Å². The molecule has 0 atom stereocenters. The summed E-state index contributed by atoms with van der Waals surface area (Å²) in [5.41, 5.74) is 0.504. The average Bonchev–Trinajstić information content (AvgIpc) is 2.55. The maximum absolute atomic E-state index is 13.2. The molecule has 1 aliphatic heterocycles. The molecule has 0 spiro atoms. The van der Waals surface area contributed by atoms with Gasteiger partial charge in [-0.15, -0.1) is 0 Å². The summed E-state index contributed by atoms with van der Waals surface area (Å²) >= 11 is 0. The molecule has 0 aliphatic carbocycles. The zero-order valence-corrected chi connectivity index (χ0v) is 13.7. The number of hydrogen-bond acceptors (Lipinski definition) is 5. The van der Waals surface area contributed by atoms with Gasteiger partial charge in [0.05, 0.1) is 6.20 Å². The molecule has 0 unspecified atom stereocenters. The van der Waals surface area contributed by atoms with Crippen LogP contribution < -0.4 is 10.0 Å².